The van der Waals surface area contributed by atoms with E-state index in [9.17, 15) is 0 Å². The Morgan fingerprint density at radius 1 is 0.788 bits per heavy atom. The van der Waals surface area contributed by atoms with Crippen molar-refractivity contribution in [1.29, 1.82) is 0 Å². The molecule has 0 bridgehead atoms. The van der Waals surface area contributed by atoms with Gasteiger partial charge in [0.05, 0.1) is 41.6 Å². The third-order valence-corrected chi connectivity index (χ3v) is 6.22. The van der Waals surface area contributed by atoms with Crippen LogP contribution in [-0.2, 0) is 13.1 Å². The second kappa shape index (κ2) is 10.1. The molecule has 2 aromatic carbocycles. The Bertz CT molecular complexity index is 1070. The number of nitrogens with zero attached hydrogens (tertiary/aromatic N) is 2. The Morgan fingerprint density at radius 3 is 2.15 bits per heavy atom. The van der Waals surface area contributed by atoms with Crippen molar-refractivity contribution < 1.29 is 23.7 Å². The Balaban J connectivity index is 1.83. The Labute approximate surface area is 195 Å². The zero-order valence-electron chi connectivity index (χ0n) is 20.0. The number of methoxy groups -OCH3 is 5. The van der Waals surface area contributed by atoms with Crippen molar-refractivity contribution in [3.8, 4) is 28.7 Å². The third-order valence-electron chi connectivity index (χ3n) is 6.22. The van der Waals surface area contributed by atoms with Crippen molar-refractivity contribution in [2.45, 2.75) is 25.6 Å². The third kappa shape index (κ3) is 4.46. The van der Waals surface area contributed by atoms with E-state index in [0.717, 1.165) is 42.1 Å². The summed E-state index contributed by atoms with van der Waals surface area (Å²) in [4.78, 5) is 2.47. The molecule has 7 nitrogen and oxygen atoms in total. The smallest absolute Gasteiger partial charge is 0.203 e. The molecule has 33 heavy (non-hydrogen) atoms. The molecule has 0 saturated carbocycles. The number of aryl methyl sites for hydroxylation is 1. The van der Waals surface area contributed by atoms with E-state index in [1.54, 1.807) is 35.5 Å². The van der Waals surface area contributed by atoms with E-state index in [2.05, 4.69) is 33.9 Å². The summed E-state index contributed by atoms with van der Waals surface area (Å²) in [5, 5.41) is 0. The lowest BCUT2D eigenvalue weighted by Crippen LogP contribution is -2.29. The van der Waals surface area contributed by atoms with E-state index in [4.69, 9.17) is 23.7 Å². The van der Waals surface area contributed by atoms with E-state index in [1.165, 1.54) is 5.69 Å². The minimum absolute atomic E-state index is 0.00730. The maximum atomic E-state index is 5.67. The predicted molar refractivity (Wildman–Crippen MR) is 127 cm³/mol. The molecule has 1 aliphatic heterocycles. The average molecular weight is 453 g/mol. The number of benzene rings is 2. The highest BCUT2D eigenvalue weighted by Crippen LogP contribution is 2.43. The summed E-state index contributed by atoms with van der Waals surface area (Å²) in [5.41, 5.74) is 3.38. The summed E-state index contributed by atoms with van der Waals surface area (Å²) >= 11 is 0. The van der Waals surface area contributed by atoms with Gasteiger partial charge in [-0.15, -0.1) is 0 Å². The second-order valence-electron chi connectivity index (χ2n) is 7.99. The predicted octanol–water partition coefficient (Wildman–Crippen LogP) is 4.53. The summed E-state index contributed by atoms with van der Waals surface area (Å²) in [5.74, 6) is 3.54. The molecule has 0 aliphatic carbocycles. The number of hydrogen-bond donors (Lipinski definition) is 0. The van der Waals surface area contributed by atoms with Crippen LogP contribution in [0.3, 0.4) is 0 Å². The highest BCUT2D eigenvalue weighted by Gasteiger charge is 2.30. The first-order valence-electron chi connectivity index (χ1n) is 11.0. The van der Waals surface area contributed by atoms with Crippen LogP contribution >= 0.6 is 0 Å². The van der Waals surface area contributed by atoms with Gasteiger partial charge >= 0.3 is 0 Å². The van der Waals surface area contributed by atoms with E-state index < -0.39 is 0 Å². The average Bonchev–Trinajstić information content (AvgIpc) is 3.24. The quantitative estimate of drug-likeness (QED) is 0.501. The number of ether oxygens (including phenoxy) is 5. The molecule has 0 fully saturated rings. The van der Waals surface area contributed by atoms with Gasteiger partial charge in [-0.3, -0.25) is 4.90 Å². The highest BCUT2D eigenvalue weighted by atomic mass is 16.5. The van der Waals surface area contributed by atoms with Crippen LogP contribution in [0, 0.1) is 0 Å². The largest absolute Gasteiger partial charge is 0.497 e. The van der Waals surface area contributed by atoms with Crippen molar-refractivity contribution >= 4 is 0 Å². The molecule has 7 heteroatoms. The molecule has 1 aromatic heterocycles. The highest BCUT2D eigenvalue weighted by molar-refractivity contribution is 5.55. The van der Waals surface area contributed by atoms with Crippen LogP contribution in [0.25, 0.3) is 0 Å². The van der Waals surface area contributed by atoms with Gasteiger partial charge in [-0.2, -0.15) is 0 Å². The Kier molecular flexibility index (Phi) is 6.99. The van der Waals surface area contributed by atoms with Gasteiger partial charge in [0.15, 0.2) is 11.5 Å². The van der Waals surface area contributed by atoms with Gasteiger partial charge in [-0.1, -0.05) is 0 Å². The fraction of sp³-hybridized carbons (Fsp3) is 0.385. The van der Waals surface area contributed by atoms with Crippen molar-refractivity contribution in [3.63, 3.8) is 0 Å². The number of fused-ring (bicyclic) bond motifs is 1. The Morgan fingerprint density at radius 2 is 1.52 bits per heavy atom. The lowest BCUT2D eigenvalue weighted by Gasteiger charge is -2.32. The van der Waals surface area contributed by atoms with Crippen LogP contribution in [0.4, 0.5) is 0 Å². The van der Waals surface area contributed by atoms with Crippen LogP contribution in [0.1, 0.15) is 29.3 Å². The first-order valence-corrected chi connectivity index (χ1v) is 11.0. The van der Waals surface area contributed by atoms with Crippen molar-refractivity contribution in [2.24, 2.45) is 0 Å². The summed E-state index contributed by atoms with van der Waals surface area (Å²) in [6.07, 6.45) is 3.19. The van der Waals surface area contributed by atoms with Crippen LogP contribution in [-0.4, -0.2) is 51.6 Å². The molecule has 0 amide bonds. The number of rotatable bonds is 8. The summed E-state index contributed by atoms with van der Waals surface area (Å²) in [7, 11) is 8.31. The van der Waals surface area contributed by atoms with Gasteiger partial charge in [0.2, 0.25) is 5.75 Å². The minimum atomic E-state index is -0.00730. The van der Waals surface area contributed by atoms with E-state index in [0.29, 0.717) is 23.8 Å². The summed E-state index contributed by atoms with van der Waals surface area (Å²) in [6, 6.07) is 14.3. The maximum absolute atomic E-state index is 5.67. The molecule has 2 heterocycles. The summed E-state index contributed by atoms with van der Waals surface area (Å²) < 4.78 is 30.4. The molecular formula is C26H32N2O5. The Hall–Kier alpha value is -3.32. The fourth-order valence-corrected chi connectivity index (χ4v) is 4.67. The zero-order chi connectivity index (χ0) is 23.4. The van der Waals surface area contributed by atoms with Gasteiger partial charge in [0, 0.05) is 37.1 Å². The standard InChI is InChI=1S/C26H32N2O5/c1-29-20-9-10-22(30-2)19(14-20)17-28-13-7-12-27-11-6-8-21(27)25(28)18-15-23(31-3)26(33-5)24(16-18)32-4/h6,8-11,14-16,25H,7,12-13,17H2,1-5H3. The molecule has 4 rings (SSSR count). The molecule has 0 saturated heterocycles. The van der Waals surface area contributed by atoms with Crippen LogP contribution in [0.2, 0.25) is 0 Å². The van der Waals surface area contributed by atoms with E-state index >= 15 is 0 Å². The molecule has 0 radical (unpaired) electrons. The van der Waals surface area contributed by atoms with Crippen LogP contribution in [0.15, 0.2) is 48.7 Å². The normalized spacial score (nSPS) is 16.0. The molecule has 0 spiro atoms. The maximum Gasteiger partial charge on any atom is 0.203 e. The molecule has 176 valence electrons. The fourth-order valence-electron chi connectivity index (χ4n) is 4.67. The van der Waals surface area contributed by atoms with Crippen LogP contribution in [0.5, 0.6) is 28.7 Å². The molecule has 3 aromatic rings. The molecule has 1 aliphatic rings. The van der Waals surface area contributed by atoms with Gasteiger partial charge in [0.1, 0.15) is 11.5 Å². The van der Waals surface area contributed by atoms with Crippen molar-refractivity contribution in [2.75, 3.05) is 42.1 Å². The molecule has 1 unspecified atom stereocenters. The van der Waals surface area contributed by atoms with E-state index in [-0.39, 0.29) is 6.04 Å². The summed E-state index contributed by atoms with van der Waals surface area (Å²) in [6.45, 7) is 2.59. The zero-order valence-corrected chi connectivity index (χ0v) is 20.0. The number of hydrogen-bond acceptors (Lipinski definition) is 6. The minimum Gasteiger partial charge on any atom is -0.497 e. The van der Waals surface area contributed by atoms with Crippen molar-refractivity contribution in [1.82, 2.24) is 9.47 Å². The molecule has 1 atom stereocenters. The number of aromatic nitrogens is 1. The van der Waals surface area contributed by atoms with Crippen LogP contribution < -0.4 is 23.7 Å². The lowest BCUT2D eigenvalue weighted by atomic mass is 9.99. The second-order valence-corrected chi connectivity index (χ2v) is 7.99. The monoisotopic (exact) mass is 452 g/mol. The van der Waals surface area contributed by atoms with Gasteiger partial charge in [-0.25, -0.2) is 0 Å². The van der Waals surface area contributed by atoms with Crippen molar-refractivity contribution in [3.05, 3.63) is 65.5 Å². The molecule has 0 N–H and O–H groups in total. The first-order chi connectivity index (χ1) is 16.1. The topological polar surface area (TPSA) is 54.3 Å². The van der Waals surface area contributed by atoms with Gasteiger partial charge in [0.25, 0.3) is 0 Å². The first kappa shape index (κ1) is 22.9. The SMILES string of the molecule is COc1ccc(OC)c(CN2CCCn3cccc3C2c2cc(OC)c(OC)c(OC)c2)c1. The van der Waals surface area contributed by atoms with Gasteiger partial charge < -0.3 is 28.3 Å². The van der Waals surface area contributed by atoms with Gasteiger partial charge in [-0.05, 0) is 54.4 Å². The van der Waals surface area contributed by atoms with E-state index in [1.807, 2.05) is 24.3 Å². The molecular weight excluding hydrogens is 420 g/mol. The lowest BCUT2D eigenvalue weighted by molar-refractivity contribution is 0.216.